The van der Waals surface area contributed by atoms with Crippen LogP contribution in [0.1, 0.15) is 31.2 Å². The lowest BCUT2D eigenvalue weighted by Gasteiger charge is -2.15. The molecule has 1 aliphatic carbocycles. The van der Waals surface area contributed by atoms with Crippen LogP contribution in [0.4, 0.5) is 5.69 Å². The summed E-state index contributed by atoms with van der Waals surface area (Å²) >= 11 is 0. The minimum atomic E-state index is -3.36. The van der Waals surface area contributed by atoms with Crippen molar-refractivity contribution in [1.29, 1.82) is 0 Å². The SMILES string of the molecule is CNS(=O)(=O)c1ccc(C)c(NCC2CCCC2)c1. The summed E-state index contributed by atoms with van der Waals surface area (Å²) in [5.74, 6) is 0.726. The molecule has 1 saturated carbocycles. The van der Waals surface area contributed by atoms with E-state index in [4.69, 9.17) is 0 Å². The smallest absolute Gasteiger partial charge is 0.240 e. The van der Waals surface area contributed by atoms with Crippen LogP contribution in [0.2, 0.25) is 0 Å². The zero-order chi connectivity index (χ0) is 13.9. The third kappa shape index (κ3) is 3.48. The molecule has 1 aliphatic rings. The van der Waals surface area contributed by atoms with Crippen LogP contribution in [0.15, 0.2) is 23.1 Å². The predicted molar refractivity (Wildman–Crippen MR) is 77.9 cm³/mol. The maximum atomic E-state index is 11.8. The summed E-state index contributed by atoms with van der Waals surface area (Å²) in [4.78, 5) is 0.314. The first kappa shape index (κ1) is 14.3. The van der Waals surface area contributed by atoms with Gasteiger partial charge in [0.25, 0.3) is 0 Å². The maximum absolute atomic E-state index is 11.8. The van der Waals surface area contributed by atoms with Crippen LogP contribution >= 0.6 is 0 Å². The van der Waals surface area contributed by atoms with Crippen LogP contribution in [0, 0.1) is 12.8 Å². The van der Waals surface area contributed by atoms with Gasteiger partial charge >= 0.3 is 0 Å². The van der Waals surface area contributed by atoms with Gasteiger partial charge in [0.1, 0.15) is 0 Å². The lowest BCUT2D eigenvalue weighted by Crippen LogP contribution is -2.19. The molecule has 4 nitrogen and oxygen atoms in total. The van der Waals surface area contributed by atoms with Gasteiger partial charge in [-0.05, 0) is 50.4 Å². The molecule has 0 bridgehead atoms. The van der Waals surface area contributed by atoms with Crippen molar-refractivity contribution in [2.24, 2.45) is 5.92 Å². The molecule has 0 aromatic heterocycles. The zero-order valence-corrected chi connectivity index (χ0v) is 12.4. The van der Waals surface area contributed by atoms with Gasteiger partial charge in [-0.25, -0.2) is 13.1 Å². The van der Waals surface area contributed by atoms with E-state index in [1.807, 2.05) is 13.0 Å². The Kier molecular flexibility index (Phi) is 4.47. The van der Waals surface area contributed by atoms with Crippen molar-refractivity contribution >= 4 is 15.7 Å². The van der Waals surface area contributed by atoms with E-state index < -0.39 is 10.0 Å². The van der Waals surface area contributed by atoms with E-state index in [0.717, 1.165) is 23.7 Å². The fourth-order valence-corrected chi connectivity index (χ4v) is 3.30. The molecule has 19 heavy (non-hydrogen) atoms. The second kappa shape index (κ2) is 5.92. The maximum Gasteiger partial charge on any atom is 0.240 e. The first-order chi connectivity index (χ1) is 9.03. The van der Waals surface area contributed by atoms with Crippen LogP contribution < -0.4 is 10.0 Å². The summed E-state index contributed by atoms with van der Waals surface area (Å²) in [6, 6.07) is 5.21. The molecule has 0 atom stereocenters. The van der Waals surface area contributed by atoms with E-state index in [1.54, 1.807) is 12.1 Å². The van der Waals surface area contributed by atoms with Gasteiger partial charge in [-0.2, -0.15) is 0 Å². The van der Waals surface area contributed by atoms with Crippen LogP contribution in [-0.4, -0.2) is 22.0 Å². The number of aryl methyl sites for hydroxylation is 1. The lowest BCUT2D eigenvalue weighted by atomic mass is 10.1. The van der Waals surface area contributed by atoms with Gasteiger partial charge in [0.15, 0.2) is 0 Å². The molecule has 0 radical (unpaired) electrons. The Labute approximate surface area is 115 Å². The highest BCUT2D eigenvalue weighted by atomic mass is 32.2. The van der Waals surface area contributed by atoms with Crippen molar-refractivity contribution in [3.8, 4) is 0 Å². The van der Waals surface area contributed by atoms with Gasteiger partial charge in [-0.3, -0.25) is 0 Å². The Morgan fingerprint density at radius 2 is 1.95 bits per heavy atom. The van der Waals surface area contributed by atoms with Crippen molar-refractivity contribution in [2.75, 3.05) is 18.9 Å². The number of hydrogen-bond donors (Lipinski definition) is 2. The molecule has 0 unspecified atom stereocenters. The fraction of sp³-hybridized carbons (Fsp3) is 0.571. The highest BCUT2D eigenvalue weighted by Crippen LogP contribution is 2.26. The molecule has 0 amide bonds. The third-order valence-corrected chi connectivity index (χ3v) is 5.26. The highest BCUT2D eigenvalue weighted by molar-refractivity contribution is 7.89. The molecule has 0 spiro atoms. The first-order valence-electron chi connectivity index (χ1n) is 6.81. The average molecular weight is 282 g/mol. The van der Waals surface area contributed by atoms with Gasteiger partial charge < -0.3 is 5.32 Å². The number of benzene rings is 1. The van der Waals surface area contributed by atoms with Crippen molar-refractivity contribution in [3.05, 3.63) is 23.8 Å². The Morgan fingerprint density at radius 1 is 1.26 bits per heavy atom. The molecular weight excluding hydrogens is 260 g/mol. The summed E-state index contributed by atoms with van der Waals surface area (Å²) in [5, 5.41) is 3.40. The molecule has 0 heterocycles. The molecule has 5 heteroatoms. The molecule has 0 saturated heterocycles. The second-order valence-electron chi connectivity index (χ2n) is 5.22. The average Bonchev–Trinajstić information content (AvgIpc) is 2.90. The van der Waals surface area contributed by atoms with Crippen molar-refractivity contribution in [1.82, 2.24) is 4.72 Å². The molecule has 2 rings (SSSR count). The van der Waals surface area contributed by atoms with Gasteiger partial charge in [-0.1, -0.05) is 18.9 Å². The van der Waals surface area contributed by atoms with E-state index >= 15 is 0 Å². The summed E-state index contributed by atoms with van der Waals surface area (Å²) in [5.41, 5.74) is 2.00. The van der Waals surface area contributed by atoms with E-state index in [-0.39, 0.29) is 0 Å². The molecule has 2 N–H and O–H groups in total. The molecule has 1 aromatic rings. The Bertz CT molecular complexity index is 534. The lowest BCUT2D eigenvalue weighted by molar-refractivity contribution is 0.579. The molecule has 1 aromatic carbocycles. The van der Waals surface area contributed by atoms with Gasteiger partial charge in [0, 0.05) is 12.2 Å². The summed E-state index contributed by atoms with van der Waals surface area (Å²) in [6.07, 6.45) is 5.19. The zero-order valence-electron chi connectivity index (χ0n) is 11.6. The van der Waals surface area contributed by atoms with Gasteiger partial charge in [0.2, 0.25) is 10.0 Å². The van der Waals surface area contributed by atoms with Crippen LogP contribution in [0.5, 0.6) is 0 Å². The summed E-state index contributed by atoms with van der Waals surface area (Å²) < 4.78 is 25.9. The predicted octanol–water partition coefficient (Wildman–Crippen LogP) is 2.51. The number of hydrogen-bond acceptors (Lipinski definition) is 3. The Hall–Kier alpha value is -1.07. The molecule has 1 fully saturated rings. The fourth-order valence-electron chi connectivity index (χ4n) is 2.55. The number of nitrogens with one attached hydrogen (secondary N) is 2. The van der Waals surface area contributed by atoms with Crippen LogP contribution in [0.25, 0.3) is 0 Å². The second-order valence-corrected chi connectivity index (χ2v) is 7.10. The monoisotopic (exact) mass is 282 g/mol. The third-order valence-electron chi connectivity index (χ3n) is 3.84. The van der Waals surface area contributed by atoms with Crippen molar-refractivity contribution in [3.63, 3.8) is 0 Å². The van der Waals surface area contributed by atoms with E-state index in [0.29, 0.717) is 4.90 Å². The van der Waals surface area contributed by atoms with E-state index in [1.165, 1.54) is 32.7 Å². The minimum Gasteiger partial charge on any atom is -0.385 e. The topological polar surface area (TPSA) is 58.2 Å². The van der Waals surface area contributed by atoms with Crippen LogP contribution in [-0.2, 0) is 10.0 Å². The summed E-state index contributed by atoms with van der Waals surface area (Å²) in [7, 11) is -1.93. The molecular formula is C14H22N2O2S. The van der Waals surface area contributed by atoms with Crippen LogP contribution in [0.3, 0.4) is 0 Å². The Morgan fingerprint density at radius 3 is 2.58 bits per heavy atom. The largest absolute Gasteiger partial charge is 0.385 e. The van der Waals surface area contributed by atoms with Crippen molar-refractivity contribution < 1.29 is 8.42 Å². The molecule has 0 aliphatic heterocycles. The molecule has 106 valence electrons. The highest BCUT2D eigenvalue weighted by Gasteiger charge is 2.16. The Balaban J connectivity index is 2.13. The van der Waals surface area contributed by atoms with Gasteiger partial charge in [-0.15, -0.1) is 0 Å². The number of anilines is 1. The van der Waals surface area contributed by atoms with E-state index in [9.17, 15) is 8.42 Å². The van der Waals surface area contributed by atoms with Gasteiger partial charge in [0.05, 0.1) is 4.90 Å². The normalized spacial score (nSPS) is 16.7. The first-order valence-corrected chi connectivity index (χ1v) is 8.29. The minimum absolute atomic E-state index is 0.314. The van der Waals surface area contributed by atoms with E-state index in [2.05, 4.69) is 10.0 Å². The quantitative estimate of drug-likeness (QED) is 0.872. The number of sulfonamides is 1. The standard InChI is InChI=1S/C14H22N2O2S/c1-11-7-8-13(19(17,18)15-2)9-14(11)16-10-12-5-3-4-6-12/h7-9,12,15-16H,3-6,10H2,1-2H3. The summed E-state index contributed by atoms with van der Waals surface area (Å²) in [6.45, 7) is 2.93. The van der Waals surface area contributed by atoms with Crippen molar-refractivity contribution in [2.45, 2.75) is 37.5 Å². The number of rotatable bonds is 5.